The average Bonchev–Trinajstić information content (AvgIpc) is 3.37. The van der Waals surface area contributed by atoms with Gasteiger partial charge >= 0.3 is 0 Å². The molecule has 0 bridgehead atoms. The summed E-state index contributed by atoms with van der Waals surface area (Å²) in [5.74, 6) is 1.52. The number of benzene rings is 1. The molecule has 0 saturated carbocycles. The maximum Gasteiger partial charge on any atom is 0.278 e. The van der Waals surface area contributed by atoms with E-state index in [1.165, 1.54) is 11.1 Å². The number of fused-ring (bicyclic) bond motifs is 2. The molecule has 1 N–H and O–H groups in total. The molecule has 0 amide bonds. The van der Waals surface area contributed by atoms with Gasteiger partial charge in [0.15, 0.2) is 11.5 Å². The van der Waals surface area contributed by atoms with Crippen molar-refractivity contribution in [3.8, 4) is 5.82 Å². The van der Waals surface area contributed by atoms with Crippen LogP contribution in [-0.4, -0.2) is 49.9 Å². The van der Waals surface area contributed by atoms with Crippen molar-refractivity contribution >= 4 is 22.7 Å². The number of aromatic nitrogens is 5. The van der Waals surface area contributed by atoms with E-state index < -0.39 is 0 Å². The molecule has 4 aromatic rings. The molecule has 1 aliphatic rings. The molecule has 1 atom stereocenters. The van der Waals surface area contributed by atoms with Crippen LogP contribution in [0.15, 0.2) is 60.0 Å². The minimum Gasteiger partial charge on any atom is -0.324 e. The van der Waals surface area contributed by atoms with E-state index in [2.05, 4.69) is 61.0 Å². The summed E-state index contributed by atoms with van der Waals surface area (Å²) in [7, 11) is 4.19. The molecule has 1 aliphatic carbocycles. The number of allylic oxidation sites excluding steroid dienone is 1. The largest absolute Gasteiger partial charge is 0.324 e. The third-order valence-corrected chi connectivity index (χ3v) is 6.79. The van der Waals surface area contributed by atoms with Gasteiger partial charge in [-0.1, -0.05) is 31.2 Å². The smallest absolute Gasteiger partial charge is 0.278 e. The number of nitrogens with zero attached hydrogens (tertiary/aromatic N) is 6. The summed E-state index contributed by atoms with van der Waals surface area (Å²) in [5, 5.41) is 3.74. The maximum atomic E-state index is 13.2. The maximum absolute atomic E-state index is 13.2. The molecule has 1 unspecified atom stereocenters. The van der Waals surface area contributed by atoms with Gasteiger partial charge in [0, 0.05) is 17.6 Å². The number of hydrogen-bond acceptors (Lipinski definition) is 6. The van der Waals surface area contributed by atoms with Crippen molar-refractivity contribution in [1.29, 1.82) is 0 Å². The summed E-state index contributed by atoms with van der Waals surface area (Å²) in [5.41, 5.74) is 4.94. The summed E-state index contributed by atoms with van der Waals surface area (Å²) in [6.45, 7) is 7.45. The molecule has 0 fully saturated rings. The molecule has 5 rings (SSSR count). The normalized spacial score (nSPS) is 14.9. The quantitative estimate of drug-likeness (QED) is 0.354. The van der Waals surface area contributed by atoms with Crippen molar-refractivity contribution in [3.05, 3.63) is 82.4 Å². The van der Waals surface area contributed by atoms with Crippen LogP contribution in [0.1, 0.15) is 42.5 Å². The molecular formula is C28H33N7O. The van der Waals surface area contributed by atoms with Crippen molar-refractivity contribution in [2.75, 3.05) is 26.0 Å². The predicted molar refractivity (Wildman–Crippen MR) is 144 cm³/mol. The lowest BCUT2D eigenvalue weighted by atomic mass is 10.1. The molecule has 0 radical (unpaired) electrons. The lowest BCUT2D eigenvalue weighted by Gasteiger charge is -2.13. The number of aryl methyl sites for hydroxylation is 2. The molecule has 3 aromatic heterocycles. The van der Waals surface area contributed by atoms with Gasteiger partial charge < -0.3 is 10.2 Å². The Bertz CT molecular complexity index is 1450. The summed E-state index contributed by atoms with van der Waals surface area (Å²) < 4.78 is 3.42. The van der Waals surface area contributed by atoms with Crippen LogP contribution in [-0.2, 0) is 19.4 Å². The first-order valence-electron chi connectivity index (χ1n) is 12.5. The van der Waals surface area contributed by atoms with Crippen LogP contribution in [0.4, 0.5) is 11.6 Å². The summed E-state index contributed by atoms with van der Waals surface area (Å²) in [4.78, 5) is 29.5. The first kappa shape index (κ1) is 23.9. The van der Waals surface area contributed by atoms with Crippen LogP contribution in [0, 0.1) is 0 Å². The summed E-state index contributed by atoms with van der Waals surface area (Å²) in [6, 6.07) is 12.4. The molecule has 0 saturated heterocycles. The molecule has 8 nitrogen and oxygen atoms in total. The van der Waals surface area contributed by atoms with E-state index in [0.29, 0.717) is 35.3 Å². The zero-order chi connectivity index (χ0) is 25.2. The topological polar surface area (TPSA) is 80.9 Å². The second-order valence-electron chi connectivity index (χ2n) is 9.80. The third kappa shape index (κ3) is 4.68. The number of hydrogen-bond donors (Lipinski definition) is 1. The van der Waals surface area contributed by atoms with E-state index >= 15 is 0 Å². The van der Waals surface area contributed by atoms with Gasteiger partial charge in [0.05, 0.1) is 6.54 Å². The highest BCUT2D eigenvalue weighted by atomic mass is 16.1. The van der Waals surface area contributed by atoms with E-state index in [9.17, 15) is 4.79 Å². The van der Waals surface area contributed by atoms with E-state index in [1.54, 1.807) is 21.6 Å². The van der Waals surface area contributed by atoms with Crippen LogP contribution in [0.5, 0.6) is 0 Å². The van der Waals surface area contributed by atoms with Gasteiger partial charge in [0.25, 0.3) is 5.56 Å². The standard InChI is InChI=1S/C28H33N7O/c1-5-16-34-27(36)23-18-29-28(30-22-13-9-20(10-14-22)7-6-17-33(3)4)32-26(23)35(34)24-15-12-21-11-8-19(2)25(21)31-24/h5,9-10,12-15,18-19H,1,6-8,11,16-17H2,2-4H3,(H,29,30,32). The number of anilines is 2. The van der Waals surface area contributed by atoms with Crippen LogP contribution in [0.25, 0.3) is 16.9 Å². The highest BCUT2D eigenvalue weighted by Crippen LogP contribution is 2.32. The van der Waals surface area contributed by atoms with Gasteiger partial charge in [-0.3, -0.25) is 4.79 Å². The SMILES string of the molecule is C=CCn1c(=O)c2cnc(Nc3ccc(CCCN(C)C)cc3)nc2n1-c1ccc2c(n1)C(C)CC2. The monoisotopic (exact) mass is 483 g/mol. The zero-order valence-electron chi connectivity index (χ0n) is 21.2. The van der Waals surface area contributed by atoms with Crippen molar-refractivity contribution in [1.82, 2.24) is 29.2 Å². The van der Waals surface area contributed by atoms with Crippen LogP contribution in [0.3, 0.4) is 0 Å². The highest BCUT2D eigenvalue weighted by molar-refractivity contribution is 5.77. The predicted octanol–water partition coefficient (Wildman–Crippen LogP) is 4.45. The fraction of sp³-hybridized carbons (Fsp3) is 0.357. The number of rotatable bonds is 9. The number of pyridine rings is 1. The van der Waals surface area contributed by atoms with E-state index in [-0.39, 0.29) is 5.56 Å². The molecule has 36 heavy (non-hydrogen) atoms. The van der Waals surface area contributed by atoms with Crippen molar-refractivity contribution < 1.29 is 0 Å². The van der Waals surface area contributed by atoms with Gasteiger partial charge in [-0.05, 0) is 81.6 Å². The van der Waals surface area contributed by atoms with Crippen LogP contribution < -0.4 is 10.9 Å². The Balaban J connectivity index is 1.48. The van der Waals surface area contributed by atoms with Gasteiger partial charge in [-0.2, -0.15) is 4.98 Å². The number of nitrogens with one attached hydrogen (secondary N) is 1. The van der Waals surface area contributed by atoms with Gasteiger partial charge in [0.1, 0.15) is 5.39 Å². The molecule has 3 heterocycles. The van der Waals surface area contributed by atoms with Crippen LogP contribution >= 0.6 is 0 Å². The Morgan fingerprint density at radius 3 is 2.72 bits per heavy atom. The fourth-order valence-electron chi connectivity index (χ4n) is 4.85. The molecule has 8 heteroatoms. The molecule has 186 valence electrons. The van der Waals surface area contributed by atoms with Crippen LogP contribution in [0.2, 0.25) is 0 Å². The molecule has 0 spiro atoms. The van der Waals surface area contributed by atoms with Gasteiger partial charge in [-0.15, -0.1) is 6.58 Å². The Kier molecular flexibility index (Phi) is 6.69. The minimum absolute atomic E-state index is 0.158. The third-order valence-electron chi connectivity index (χ3n) is 6.79. The minimum atomic E-state index is -0.158. The Morgan fingerprint density at radius 2 is 1.97 bits per heavy atom. The second kappa shape index (κ2) is 10.1. The van der Waals surface area contributed by atoms with Crippen molar-refractivity contribution in [2.45, 2.75) is 45.1 Å². The molecule has 1 aromatic carbocycles. The van der Waals surface area contributed by atoms with Gasteiger partial charge in [0.2, 0.25) is 5.95 Å². The van der Waals surface area contributed by atoms with Gasteiger partial charge in [-0.25, -0.2) is 19.3 Å². The first-order valence-corrected chi connectivity index (χ1v) is 12.5. The van der Waals surface area contributed by atoms with E-state index in [1.807, 2.05) is 18.2 Å². The van der Waals surface area contributed by atoms with E-state index in [4.69, 9.17) is 9.97 Å². The van der Waals surface area contributed by atoms with Crippen molar-refractivity contribution in [3.63, 3.8) is 0 Å². The second-order valence-corrected chi connectivity index (χ2v) is 9.80. The fourth-order valence-corrected chi connectivity index (χ4v) is 4.85. The average molecular weight is 484 g/mol. The Hall–Kier alpha value is -3.78. The first-order chi connectivity index (χ1) is 17.4. The lowest BCUT2D eigenvalue weighted by Crippen LogP contribution is -2.22. The Morgan fingerprint density at radius 1 is 1.17 bits per heavy atom. The summed E-state index contributed by atoms with van der Waals surface area (Å²) in [6.07, 6.45) is 7.60. The molecular weight excluding hydrogens is 450 g/mol. The Labute approximate surface area is 211 Å². The lowest BCUT2D eigenvalue weighted by molar-refractivity contribution is 0.400. The summed E-state index contributed by atoms with van der Waals surface area (Å²) >= 11 is 0. The van der Waals surface area contributed by atoms with Crippen molar-refractivity contribution in [2.24, 2.45) is 0 Å². The van der Waals surface area contributed by atoms with E-state index in [0.717, 1.165) is 43.6 Å². The molecule has 0 aliphatic heterocycles. The highest BCUT2D eigenvalue weighted by Gasteiger charge is 2.23. The zero-order valence-corrected chi connectivity index (χ0v) is 21.2.